The number of fused-ring (bicyclic) bond motifs is 4. The van der Waals surface area contributed by atoms with Gasteiger partial charge in [-0.1, -0.05) is 37.6 Å². The van der Waals surface area contributed by atoms with Gasteiger partial charge in [0.15, 0.2) is 11.6 Å². The monoisotopic (exact) mass is 348 g/mol. The van der Waals surface area contributed by atoms with Crippen molar-refractivity contribution in [2.24, 2.45) is 0 Å². The summed E-state index contributed by atoms with van der Waals surface area (Å²) in [6.07, 6.45) is 0.147. The van der Waals surface area contributed by atoms with Crippen molar-refractivity contribution in [1.29, 1.82) is 0 Å². The lowest BCUT2D eigenvalue weighted by Crippen LogP contribution is -2.24. The Morgan fingerprint density at radius 2 is 1.69 bits per heavy atom. The van der Waals surface area contributed by atoms with Crippen LogP contribution in [0.15, 0.2) is 41.2 Å². The lowest BCUT2D eigenvalue weighted by Gasteiger charge is -2.19. The predicted octanol–water partition coefficient (Wildman–Crippen LogP) is 2.53. The van der Waals surface area contributed by atoms with Gasteiger partial charge in [-0.15, -0.1) is 0 Å². The van der Waals surface area contributed by atoms with Crippen molar-refractivity contribution in [2.75, 3.05) is 0 Å². The van der Waals surface area contributed by atoms with Gasteiger partial charge in [-0.25, -0.2) is 0 Å². The number of ketones is 2. The second kappa shape index (κ2) is 6.00. The zero-order valence-electron chi connectivity index (χ0n) is 14.1. The smallest absolute Gasteiger partial charge is 0.213 e. The normalized spacial score (nSPS) is 14.2. The van der Waals surface area contributed by atoms with Crippen LogP contribution in [0.4, 0.5) is 0 Å². The van der Waals surface area contributed by atoms with Crippen molar-refractivity contribution in [2.45, 2.75) is 25.9 Å². The maximum Gasteiger partial charge on any atom is 0.213 e. The molecule has 0 saturated carbocycles. The van der Waals surface area contributed by atoms with E-state index in [1.54, 1.807) is 24.3 Å². The summed E-state index contributed by atoms with van der Waals surface area (Å²) in [6, 6.07) is 9.63. The van der Waals surface area contributed by atoms with Crippen molar-refractivity contribution >= 4 is 22.5 Å². The van der Waals surface area contributed by atoms with E-state index >= 15 is 0 Å². The van der Waals surface area contributed by atoms with Crippen LogP contribution in [-0.2, 0) is 0 Å². The van der Waals surface area contributed by atoms with Gasteiger partial charge in [0.2, 0.25) is 5.43 Å². The minimum absolute atomic E-state index is 0.0225. The van der Waals surface area contributed by atoms with E-state index in [-0.39, 0.29) is 39.3 Å². The summed E-state index contributed by atoms with van der Waals surface area (Å²) in [5.41, 5.74) is 0.902. The van der Waals surface area contributed by atoms with Crippen LogP contribution in [0.5, 0.6) is 0 Å². The van der Waals surface area contributed by atoms with Crippen LogP contribution < -0.4 is 5.43 Å². The van der Waals surface area contributed by atoms with E-state index < -0.39 is 11.5 Å². The third-order valence-corrected chi connectivity index (χ3v) is 4.74. The van der Waals surface area contributed by atoms with Crippen LogP contribution in [0.3, 0.4) is 0 Å². The predicted molar refractivity (Wildman–Crippen MR) is 95.5 cm³/mol. The van der Waals surface area contributed by atoms with Gasteiger partial charge >= 0.3 is 0 Å². The number of aromatic nitrogens is 2. The third-order valence-electron chi connectivity index (χ3n) is 4.74. The van der Waals surface area contributed by atoms with E-state index in [1.807, 2.05) is 6.92 Å². The van der Waals surface area contributed by atoms with Crippen LogP contribution in [0.1, 0.15) is 63.4 Å². The molecule has 1 unspecified atom stereocenters. The van der Waals surface area contributed by atoms with E-state index in [0.29, 0.717) is 24.0 Å². The van der Waals surface area contributed by atoms with E-state index in [4.69, 9.17) is 0 Å². The lowest BCUT2D eigenvalue weighted by atomic mass is 9.83. The number of aliphatic hydroxyl groups excluding tert-OH is 1. The Kier molecular flexibility index (Phi) is 3.77. The summed E-state index contributed by atoms with van der Waals surface area (Å²) < 4.78 is 0. The van der Waals surface area contributed by atoms with Crippen molar-refractivity contribution in [3.05, 3.63) is 74.6 Å². The standard InChI is InChI=1S/C20H16N2O4/c1-2-5-14(23)17-20(26)13-9-8-12-15(16(13)21-22-17)19(25)11-7-4-3-6-10(11)18(12)24/h3-4,6-9,14,23H,2,5H2,1H3,(H,21,26). The Hall–Kier alpha value is -3.12. The summed E-state index contributed by atoms with van der Waals surface area (Å²) in [5, 5.41) is 17.1. The average Bonchev–Trinajstić information content (AvgIpc) is 2.66. The molecule has 1 atom stereocenters. The number of hydrogen-bond donors (Lipinski definition) is 2. The first-order valence-corrected chi connectivity index (χ1v) is 8.46. The molecule has 3 aromatic rings. The van der Waals surface area contributed by atoms with Gasteiger partial charge in [0, 0.05) is 22.1 Å². The van der Waals surface area contributed by atoms with E-state index in [0.717, 1.165) is 0 Å². The molecule has 130 valence electrons. The first kappa shape index (κ1) is 16.4. The maximum absolute atomic E-state index is 12.9. The molecule has 6 nitrogen and oxygen atoms in total. The summed E-state index contributed by atoms with van der Waals surface area (Å²) >= 11 is 0. The molecule has 0 saturated heterocycles. The number of H-pyrrole nitrogens is 1. The molecule has 26 heavy (non-hydrogen) atoms. The van der Waals surface area contributed by atoms with Crippen molar-refractivity contribution in [3.8, 4) is 0 Å². The Morgan fingerprint density at radius 1 is 1.00 bits per heavy atom. The van der Waals surface area contributed by atoms with Crippen LogP contribution in [0.2, 0.25) is 0 Å². The van der Waals surface area contributed by atoms with Gasteiger partial charge in [-0.05, 0) is 18.6 Å². The van der Waals surface area contributed by atoms with Crippen LogP contribution in [0, 0.1) is 0 Å². The third kappa shape index (κ3) is 2.23. The molecule has 0 radical (unpaired) electrons. The fraction of sp³-hybridized carbons (Fsp3) is 0.200. The first-order chi connectivity index (χ1) is 12.5. The van der Waals surface area contributed by atoms with Gasteiger partial charge < -0.3 is 5.11 Å². The van der Waals surface area contributed by atoms with Crippen molar-refractivity contribution in [1.82, 2.24) is 10.2 Å². The highest BCUT2D eigenvalue weighted by molar-refractivity contribution is 6.31. The highest BCUT2D eigenvalue weighted by Gasteiger charge is 2.32. The Bertz CT molecular complexity index is 1130. The molecule has 1 aromatic heterocycles. The summed E-state index contributed by atoms with van der Waals surface area (Å²) in [4.78, 5) is 38.4. The molecule has 2 N–H and O–H groups in total. The van der Waals surface area contributed by atoms with Gasteiger partial charge in [0.25, 0.3) is 0 Å². The quantitative estimate of drug-likeness (QED) is 0.592. The SMILES string of the molecule is CCCC(O)c1n[nH]c2c3c(ccc2c1=O)C(=O)c1ccccc1C3=O. The molecule has 0 fully saturated rings. The van der Waals surface area contributed by atoms with Crippen molar-refractivity contribution < 1.29 is 14.7 Å². The summed E-state index contributed by atoms with van der Waals surface area (Å²) in [5.74, 6) is -0.576. The molecule has 2 aromatic carbocycles. The lowest BCUT2D eigenvalue weighted by molar-refractivity contribution is 0.0980. The fourth-order valence-corrected chi connectivity index (χ4v) is 3.43. The number of carbonyl (C=O) groups is 2. The highest BCUT2D eigenvalue weighted by Crippen LogP contribution is 2.31. The number of benzene rings is 2. The molecule has 0 aliphatic heterocycles. The highest BCUT2D eigenvalue weighted by atomic mass is 16.3. The molecule has 1 aliphatic rings. The number of nitrogens with zero attached hydrogens (tertiary/aromatic N) is 1. The van der Waals surface area contributed by atoms with E-state index in [9.17, 15) is 19.5 Å². The first-order valence-electron chi connectivity index (χ1n) is 8.46. The molecule has 0 amide bonds. The van der Waals surface area contributed by atoms with Gasteiger partial charge in [-0.2, -0.15) is 5.10 Å². The molecule has 1 aliphatic carbocycles. The Labute approximate surface area is 148 Å². The molecule has 6 heteroatoms. The topological polar surface area (TPSA) is 100 Å². The van der Waals surface area contributed by atoms with Crippen LogP contribution in [-0.4, -0.2) is 26.9 Å². The largest absolute Gasteiger partial charge is 0.387 e. The second-order valence-electron chi connectivity index (χ2n) is 6.36. The van der Waals surface area contributed by atoms with Crippen LogP contribution >= 0.6 is 0 Å². The second-order valence-corrected chi connectivity index (χ2v) is 6.36. The minimum Gasteiger partial charge on any atom is -0.387 e. The Morgan fingerprint density at radius 3 is 2.38 bits per heavy atom. The Balaban J connectivity index is 1.98. The zero-order valence-corrected chi connectivity index (χ0v) is 14.1. The molecule has 4 rings (SSSR count). The number of nitrogens with one attached hydrogen (secondary N) is 1. The number of aromatic amines is 1. The number of carbonyl (C=O) groups excluding carboxylic acids is 2. The van der Waals surface area contributed by atoms with Crippen LogP contribution in [0.25, 0.3) is 10.9 Å². The fourth-order valence-electron chi connectivity index (χ4n) is 3.43. The molecular weight excluding hydrogens is 332 g/mol. The average molecular weight is 348 g/mol. The maximum atomic E-state index is 12.9. The summed E-state index contributed by atoms with van der Waals surface area (Å²) in [6.45, 7) is 1.90. The minimum atomic E-state index is -0.970. The number of aliphatic hydroxyl groups is 1. The molecule has 0 bridgehead atoms. The zero-order chi connectivity index (χ0) is 18.4. The molecule has 0 spiro atoms. The summed E-state index contributed by atoms with van der Waals surface area (Å²) in [7, 11) is 0. The number of rotatable bonds is 3. The van der Waals surface area contributed by atoms with Crippen molar-refractivity contribution in [3.63, 3.8) is 0 Å². The van der Waals surface area contributed by atoms with Gasteiger partial charge in [0.1, 0.15) is 11.8 Å². The van der Waals surface area contributed by atoms with E-state index in [1.165, 1.54) is 12.1 Å². The number of hydrogen-bond acceptors (Lipinski definition) is 5. The molecular formula is C20H16N2O4. The van der Waals surface area contributed by atoms with Gasteiger partial charge in [-0.3, -0.25) is 19.5 Å². The van der Waals surface area contributed by atoms with E-state index in [2.05, 4.69) is 10.2 Å². The van der Waals surface area contributed by atoms with Gasteiger partial charge in [0.05, 0.1) is 11.1 Å². The molecule has 1 heterocycles.